The normalized spacial score (nSPS) is 13.9. The molecule has 0 spiro atoms. The predicted molar refractivity (Wildman–Crippen MR) is 90.4 cm³/mol. The second-order valence-corrected chi connectivity index (χ2v) is 6.58. The van der Waals surface area contributed by atoms with Crippen molar-refractivity contribution in [3.63, 3.8) is 0 Å². The molecule has 2 nitrogen and oxygen atoms in total. The Bertz CT molecular complexity index is 656. The lowest BCUT2D eigenvalue weighted by molar-refractivity contribution is -0.143. The first-order valence-electron chi connectivity index (χ1n) is 7.72. The Balaban J connectivity index is 2.34. The van der Waals surface area contributed by atoms with Gasteiger partial charge in [-0.25, -0.2) is 0 Å². The molecule has 0 fully saturated rings. The average Bonchev–Trinajstić information content (AvgIpc) is 2.47. The fraction of sp³-hybridized carbons (Fsp3) is 0.350. The fourth-order valence-electron chi connectivity index (χ4n) is 2.72. The molecule has 0 bridgehead atoms. The summed E-state index contributed by atoms with van der Waals surface area (Å²) >= 11 is 0. The highest BCUT2D eigenvalue weighted by molar-refractivity contribution is 5.81. The van der Waals surface area contributed by atoms with Gasteiger partial charge in [0.05, 0.1) is 5.41 Å². The number of carbonyl (C=O) groups is 1. The Labute approximate surface area is 132 Å². The largest absolute Gasteiger partial charge is 0.481 e. The van der Waals surface area contributed by atoms with Crippen molar-refractivity contribution in [3.05, 3.63) is 70.8 Å². The van der Waals surface area contributed by atoms with E-state index >= 15 is 0 Å². The number of hydrogen-bond acceptors (Lipinski definition) is 1. The summed E-state index contributed by atoms with van der Waals surface area (Å²) in [6.45, 7) is 8.11. The zero-order valence-corrected chi connectivity index (χ0v) is 13.8. The Morgan fingerprint density at radius 3 is 2.27 bits per heavy atom. The van der Waals surface area contributed by atoms with Crippen molar-refractivity contribution in [1.29, 1.82) is 0 Å². The quantitative estimate of drug-likeness (QED) is 0.868. The fourth-order valence-corrected chi connectivity index (χ4v) is 2.72. The van der Waals surface area contributed by atoms with Gasteiger partial charge in [-0.15, -0.1) is 0 Å². The molecule has 2 aromatic carbocycles. The first kappa shape index (κ1) is 16.3. The monoisotopic (exact) mass is 296 g/mol. The highest BCUT2D eigenvalue weighted by Gasteiger charge is 2.35. The predicted octanol–water partition coefficient (Wildman–Crippen LogP) is 4.70. The van der Waals surface area contributed by atoms with E-state index in [-0.39, 0.29) is 0 Å². The number of rotatable bonds is 5. The SMILES string of the molecule is Cc1cccc(C(C)(Cc2ccc(C(C)C)cc2)C(=O)O)c1. The molecule has 2 rings (SSSR count). The van der Waals surface area contributed by atoms with Crippen molar-refractivity contribution in [1.82, 2.24) is 0 Å². The summed E-state index contributed by atoms with van der Waals surface area (Å²) in [6, 6.07) is 16.1. The molecular weight excluding hydrogens is 272 g/mol. The van der Waals surface area contributed by atoms with Crippen LogP contribution in [0.25, 0.3) is 0 Å². The van der Waals surface area contributed by atoms with Gasteiger partial charge in [0, 0.05) is 0 Å². The molecule has 2 aromatic rings. The summed E-state index contributed by atoms with van der Waals surface area (Å²) < 4.78 is 0. The third kappa shape index (κ3) is 3.38. The number of carboxylic acids is 1. The van der Waals surface area contributed by atoms with E-state index in [1.807, 2.05) is 43.3 Å². The number of benzene rings is 2. The van der Waals surface area contributed by atoms with E-state index in [9.17, 15) is 9.90 Å². The van der Waals surface area contributed by atoms with E-state index in [1.54, 1.807) is 6.92 Å². The molecule has 0 aromatic heterocycles. The van der Waals surface area contributed by atoms with Gasteiger partial charge in [0.2, 0.25) is 0 Å². The molecule has 1 N–H and O–H groups in total. The Morgan fingerprint density at radius 1 is 1.14 bits per heavy atom. The van der Waals surface area contributed by atoms with Gasteiger partial charge in [-0.1, -0.05) is 67.9 Å². The van der Waals surface area contributed by atoms with Crippen LogP contribution in [0.1, 0.15) is 48.9 Å². The van der Waals surface area contributed by atoms with Crippen LogP contribution in [0.4, 0.5) is 0 Å². The van der Waals surface area contributed by atoms with Crippen LogP contribution in [0.5, 0.6) is 0 Å². The summed E-state index contributed by atoms with van der Waals surface area (Å²) in [5.41, 5.74) is 3.35. The van der Waals surface area contributed by atoms with E-state index in [4.69, 9.17) is 0 Å². The molecule has 116 valence electrons. The van der Waals surface area contributed by atoms with E-state index in [0.29, 0.717) is 12.3 Å². The summed E-state index contributed by atoms with van der Waals surface area (Å²) in [5, 5.41) is 9.78. The topological polar surface area (TPSA) is 37.3 Å². The highest BCUT2D eigenvalue weighted by atomic mass is 16.4. The maximum atomic E-state index is 11.9. The van der Waals surface area contributed by atoms with Gasteiger partial charge in [0.25, 0.3) is 0 Å². The summed E-state index contributed by atoms with van der Waals surface area (Å²) in [4.78, 5) is 11.9. The maximum Gasteiger partial charge on any atom is 0.314 e. The molecule has 0 aliphatic carbocycles. The van der Waals surface area contributed by atoms with Crippen LogP contribution in [-0.2, 0) is 16.6 Å². The van der Waals surface area contributed by atoms with Crippen molar-refractivity contribution in [2.75, 3.05) is 0 Å². The second-order valence-electron chi connectivity index (χ2n) is 6.58. The highest BCUT2D eigenvalue weighted by Crippen LogP contribution is 2.30. The third-order valence-electron chi connectivity index (χ3n) is 4.33. The molecule has 0 amide bonds. The minimum absolute atomic E-state index is 0.483. The van der Waals surface area contributed by atoms with E-state index < -0.39 is 11.4 Å². The van der Waals surface area contributed by atoms with Crippen LogP contribution in [0.2, 0.25) is 0 Å². The Kier molecular flexibility index (Phi) is 4.70. The Morgan fingerprint density at radius 2 is 1.77 bits per heavy atom. The lowest BCUT2D eigenvalue weighted by Crippen LogP contribution is -2.34. The molecule has 1 unspecified atom stereocenters. The smallest absolute Gasteiger partial charge is 0.314 e. The first-order chi connectivity index (χ1) is 10.3. The zero-order chi connectivity index (χ0) is 16.3. The molecular formula is C20H24O2. The molecule has 0 radical (unpaired) electrons. The average molecular weight is 296 g/mol. The van der Waals surface area contributed by atoms with E-state index in [1.165, 1.54) is 5.56 Å². The van der Waals surface area contributed by atoms with Crippen molar-refractivity contribution < 1.29 is 9.90 Å². The number of hydrogen-bond donors (Lipinski definition) is 1. The summed E-state index contributed by atoms with van der Waals surface area (Å²) in [6.07, 6.45) is 0.490. The van der Waals surface area contributed by atoms with Gasteiger partial charge in [-0.05, 0) is 42.9 Å². The van der Waals surface area contributed by atoms with Gasteiger partial charge in [-0.3, -0.25) is 4.79 Å². The van der Waals surface area contributed by atoms with Gasteiger partial charge >= 0.3 is 5.97 Å². The van der Waals surface area contributed by atoms with Crippen molar-refractivity contribution in [3.8, 4) is 0 Å². The molecule has 22 heavy (non-hydrogen) atoms. The minimum Gasteiger partial charge on any atom is -0.481 e. The molecule has 0 saturated heterocycles. The minimum atomic E-state index is -0.911. The zero-order valence-electron chi connectivity index (χ0n) is 13.8. The standard InChI is InChI=1S/C20H24O2/c1-14(2)17-10-8-16(9-11-17)13-20(4,19(21)22)18-7-5-6-15(3)12-18/h5-12,14H,13H2,1-4H3,(H,21,22). The molecule has 1 atom stereocenters. The summed E-state index contributed by atoms with van der Waals surface area (Å²) in [7, 11) is 0. The van der Waals surface area contributed by atoms with Crippen LogP contribution in [0.15, 0.2) is 48.5 Å². The van der Waals surface area contributed by atoms with E-state index in [2.05, 4.69) is 26.0 Å². The van der Waals surface area contributed by atoms with Crippen molar-refractivity contribution >= 4 is 5.97 Å². The van der Waals surface area contributed by atoms with Crippen LogP contribution in [0.3, 0.4) is 0 Å². The van der Waals surface area contributed by atoms with Crippen molar-refractivity contribution in [2.45, 2.75) is 45.4 Å². The molecule has 0 aliphatic heterocycles. The van der Waals surface area contributed by atoms with Crippen LogP contribution in [0, 0.1) is 6.92 Å². The molecule has 0 saturated carbocycles. The van der Waals surface area contributed by atoms with Gasteiger partial charge in [0.15, 0.2) is 0 Å². The molecule has 0 heterocycles. The van der Waals surface area contributed by atoms with Crippen molar-refractivity contribution in [2.24, 2.45) is 0 Å². The first-order valence-corrected chi connectivity index (χ1v) is 7.72. The molecule has 2 heteroatoms. The Hall–Kier alpha value is -2.09. The van der Waals surface area contributed by atoms with Gasteiger partial charge < -0.3 is 5.11 Å². The maximum absolute atomic E-state index is 11.9. The third-order valence-corrected chi connectivity index (χ3v) is 4.33. The number of aryl methyl sites for hydroxylation is 1. The van der Waals surface area contributed by atoms with E-state index in [0.717, 1.165) is 16.7 Å². The number of aliphatic carboxylic acids is 1. The second kappa shape index (κ2) is 6.35. The summed E-state index contributed by atoms with van der Waals surface area (Å²) in [5.74, 6) is -0.303. The number of carboxylic acid groups (broad SMARTS) is 1. The van der Waals surface area contributed by atoms with Gasteiger partial charge in [0.1, 0.15) is 0 Å². The lowest BCUT2D eigenvalue weighted by Gasteiger charge is -2.26. The van der Waals surface area contributed by atoms with Gasteiger partial charge in [-0.2, -0.15) is 0 Å². The lowest BCUT2D eigenvalue weighted by atomic mass is 9.77. The van der Waals surface area contributed by atoms with Crippen LogP contribution < -0.4 is 0 Å². The molecule has 0 aliphatic rings. The van der Waals surface area contributed by atoms with Crippen LogP contribution >= 0.6 is 0 Å². The van der Waals surface area contributed by atoms with Crippen LogP contribution in [-0.4, -0.2) is 11.1 Å².